The van der Waals surface area contributed by atoms with Crippen LogP contribution < -0.4 is 11.3 Å². The number of aromatic nitrogens is 2. The van der Waals surface area contributed by atoms with Crippen molar-refractivity contribution in [2.45, 2.75) is 24.4 Å². The first-order chi connectivity index (χ1) is 9.65. The Morgan fingerprint density at radius 3 is 2.75 bits per heavy atom. The number of rotatable bonds is 6. The third kappa shape index (κ3) is 3.52. The zero-order chi connectivity index (χ0) is 14.5. The van der Waals surface area contributed by atoms with Crippen LogP contribution in [0.15, 0.2) is 35.4 Å². The standard InChI is InChI=1S/C13H16ClFN4S/c1-2-19-13(11(14)7-17-19)12(18-16)8-20-10-5-3-9(15)4-6-10/h3-7,12,18H,2,8,16H2,1H3. The summed E-state index contributed by atoms with van der Waals surface area (Å²) in [5.74, 6) is 6.06. The quantitative estimate of drug-likeness (QED) is 0.489. The van der Waals surface area contributed by atoms with Crippen molar-refractivity contribution in [2.75, 3.05) is 5.75 Å². The maximum Gasteiger partial charge on any atom is 0.123 e. The van der Waals surface area contributed by atoms with Gasteiger partial charge in [-0.2, -0.15) is 5.10 Å². The lowest BCUT2D eigenvalue weighted by Crippen LogP contribution is -2.31. The van der Waals surface area contributed by atoms with Crippen LogP contribution in [-0.4, -0.2) is 15.5 Å². The fraction of sp³-hybridized carbons (Fsp3) is 0.308. The van der Waals surface area contributed by atoms with E-state index in [-0.39, 0.29) is 11.9 Å². The van der Waals surface area contributed by atoms with Crippen molar-refractivity contribution in [2.24, 2.45) is 5.84 Å². The minimum Gasteiger partial charge on any atom is -0.271 e. The molecular weight excluding hydrogens is 299 g/mol. The molecule has 0 fully saturated rings. The number of nitrogens with two attached hydrogens (primary N) is 1. The predicted octanol–water partition coefficient (Wildman–Crippen LogP) is 2.99. The third-order valence-corrected chi connectivity index (χ3v) is 4.29. The minimum atomic E-state index is -0.241. The molecule has 1 heterocycles. The van der Waals surface area contributed by atoms with Crippen molar-refractivity contribution in [1.29, 1.82) is 0 Å². The van der Waals surface area contributed by atoms with E-state index in [1.54, 1.807) is 30.1 Å². The molecule has 0 amide bonds. The highest BCUT2D eigenvalue weighted by Crippen LogP contribution is 2.28. The van der Waals surface area contributed by atoms with Crippen LogP contribution in [0.3, 0.4) is 0 Å². The Morgan fingerprint density at radius 2 is 2.15 bits per heavy atom. The lowest BCUT2D eigenvalue weighted by Gasteiger charge is -2.17. The molecule has 7 heteroatoms. The van der Waals surface area contributed by atoms with Crippen LogP contribution in [0.4, 0.5) is 4.39 Å². The van der Waals surface area contributed by atoms with Crippen LogP contribution in [0, 0.1) is 5.82 Å². The molecule has 0 aliphatic heterocycles. The summed E-state index contributed by atoms with van der Waals surface area (Å²) in [7, 11) is 0. The molecule has 4 nitrogen and oxygen atoms in total. The fourth-order valence-corrected chi connectivity index (χ4v) is 3.10. The molecule has 3 N–H and O–H groups in total. The van der Waals surface area contributed by atoms with Crippen LogP contribution in [-0.2, 0) is 6.54 Å². The number of halogens is 2. The number of benzene rings is 1. The average Bonchev–Trinajstić information content (AvgIpc) is 2.83. The van der Waals surface area contributed by atoms with Crippen LogP contribution >= 0.6 is 23.4 Å². The average molecular weight is 315 g/mol. The van der Waals surface area contributed by atoms with Gasteiger partial charge in [0.2, 0.25) is 0 Å². The molecule has 1 aromatic carbocycles. The van der Waals surface area contributed by atoms with E-state index >= 15 is 0 Å². The summed E-state index contributed by atoms with van der Waals surface area (Å²) in [5, 5.41) is 4.79. The van der Waals surface area contributed by atoms with Crippen molar-refractivity contribution in [3.63, 3.8) is 0 Å². The largest absolute Gasteiger partial charge is 0.271 e. The lowest BCUT2D eigenvalue weighted by atomic mass is 10.2. The number of nitrogens with zero attached hydrogens (tertiary/aromatic N) is 2. The zero-order valence-corrected chi connectivity index (χ0v) is 12.6. The number of hydrogen-bond donors (Lipinski definition) is 2. The first-order valence-electron chi connectivity index (χ1n) is 6.21. The van der Waals surface area contributed by atoms with Gasteiger partial charge in [0.15, 0.2) is 0 Å². The first-order valence-corrected chi connectivity index (χ1v) is 7.57. The molecule has 1 atom stereocenters. The Labute approximate surface area is 126 Å². The molecule has 0 saturated carbocycles. The van der Waals surface area contributed by atoms with E-state index in [1.807, 2.05) is 11.6 Å². The smallest absolute Gasteiger partial charge is 0.123 e. The summed E-state index contributed by atoms with van der Waals surface area (Å²) in [6.45, 7) is 2.72. The van der Waals surface area contributed by atoms with E-state index in [9.17, 15) is 4.39 Å². The molecule has 2 rings (SSSR count). The molecule has 0 aliphatic rings. The maximum absolute atomic E-state index is 12.9. The number of thioether (sulfide) groups is 1. The van der Waals surface area contributed by atoms with Crippen LogP contribution in [0.2, 0.25) is 5.02 Å². The van der Waals surface area contributed by atoms with Gasteiger partial charge in [0.05, 0.1) is 23.0 Å². The molecule has 1 unspecified atom stereocenters. The second-order valence-corrected chi connectivity index (χ2v) is 5.68. The van der Waals surface area contributed by atoms with Crippen molar-refractivity contribution >= 4 is 23.4 Å². The second kappa shape index (κ2) is 7.08. The maximum atomic E-state index is 12.9. The molecule has 0 aliphatic carbocycles. The molecule has 20 heavy (non-hydrogen) atoms. The fourth-order valence-electron chi connectivity index (χ4n) is 1.89. The Bertz CT molecular complexity index is 558. The van der Waals surface area contributed by atoms with E-state index in [1.165, 1.54) is 12.1 Å². The SMILES string of the molecule is CCn1ncc(Cl)c1C(CSc1ccc(F)cc1)NN. The molecule has 1 aromatic heterocycles. The number of aryl methyl sites for hydroxylation is 1. The summed E-state index contributed by atoms with van der Waals surface area (Å²) in [5.41, 5.74) is 3.63. The van der Waals surface area contributed by atoms with E-state index in [0.29, 0.717) is 10.8 Å². The summed E-state index contributed by atoms with van der Waals surface area (Å²) in [4.78, 5) is 0.977. The van der Waals surface area contributed by atoms with Gasteiger partial charge in [-0.15, -0.1) is 11.8 Å². The van der Waals surface area contributed by atoms with E-state index in [2.05, 4.69) is 10.5 Å². The Balaban J connectivity index is 2.09. The molecule has 108 valence electrons. The normalized spacial score (nSPS) is 12.6. The van der Waals surface area contributed by atoms with Gasteiger partial charge in [0.25, 0.3) is 0 Å². The van der Waals surface area contributed by atoms with Crippen molar-refractivity contribution in [1.82, 2.24) is 15.2 Å². The molecule has 2 aromatic rings. The highest BCUT2D eigenvalue weighted by atomic mass is 35.5. The monoisotopic (exact) mass is 314 g/mol. The summed E-state index contributed by atoms with van der Waals surface area (Å²) < 4.78 is 14.7. The van der Waals surface area contributed by atoms with E-state index < -0.39 is 0 Å². The van der Waals surface area contributed by atoms with Gasteiger partial charge in [-0.3, -0.25) is 16.0 Å². The molecule has 0 bridgehead atoms. The van der Waals surface area contributed by atoms with Crippen molar-refractivity contribution in [3.05, 3.63) is 47.0 Å². The van der Waals surface area contributed by atoms with Gasteiger partial charge >= 0.3 is 0 Å². The molecule has 0 spiro atoms. The van der Waals surface area contributed by atoms with Gasteiger partial charge in [0.1, 0.15) is 5.82 Å². The predicted molar refractivity (Wildman–Crippen MR) is 80.1 cm³/mol. The van der Waals surface area contributed by atoms with Crippen LogP contribution in [0.25, 0.3) is 0 Å². The lowest BCUT2D eigenvalue weighted by molar-refractivity contribution is 0.528. The van der Waals surface area contributed by atoms with Crippen molar-refractivity contribution in [3.8, 4) is 0 Å². The second-order valence-electron chi connectivity index (χ2n) is 4.18. The van der Waals surface area contributed by atoms with Crippen LogP contribution in [0.1, 0.15) is 18.7 Å². The minimum absolute atomic E-state index is 0.125. The number of hydrogen-bond acceptors (Lipinski definition) is 4. The third-order valence-electron chi connectivity index (χ3n) is 2.89. The summed E-state index contributed by atoms with van der Waals surface area (Å²) in [6.07, 6.45) is 1.62. The topological polar surface area (TPSA) is 55.9 Å². The Hall–Kier alpha value is -1.08. The van der Waals surface area contributed by atoms with E-state index in [0.717, 1.165) is 17.1 Å². The van der Waals surface area contributed by atoms with E-state index in [4.69, 9.17) is 17.4 Å². The number of nitrogens with one attached hydrogen (secondary N) is 1. The zero-order valence-electron chi connectivity index (χ0n) is 11.0. The number of hydrazine groups is 1. The van der Waals surface area contributed by atoms with Crippen LogP contribution in [0.5, 0.6) is 0 Å². The van der Waals surface area contributed by atoms with Gasteiger partial charge in [-0.05, 0) is 31.2 Å². The first kappa shape index (κ1) is 15.3. The Kier molecular flexibility index (Phi) is 5.42. The van der Waals surface area contributed by atoms with Gasteiger partial charge < -0.3 is 0 Å². The molecule has 0 radical (unpaired) electrons. The van der Waals surface area contributed by atoms with Crippen molar-refractivity contribution < 1.29 is 4.39 Å². The van der Waals surface area contributed by atoms with Gasteiger partial charge in [-0.1, -0.05) is 11.6 Å². The molecule has 0 saturated heterocycles. The summed E-state index contributed by atoms with van der Waals surface area (Å²) in [6, 6.07) is 6.24. The Morgan fingerprint density at radius 1 is 1.45 bits per heavy atom. The highest BCUT2D eigenvalue weighted by Gasteiger charge is 2.19. The highest BCUT2D eigenvalue weighted by molar-refractivity contribution is 7.99. The van der Waals surface area contributed by atoms with Gasteiger partial charge in [0, 0.05) is 17.2 Å². The van der Waals surface area contributed by atoms with Gasteiger partial charge in [-0.25, -0.2) is 4.39 Å². The molecular formula is C13H16ClFN4S. The summed E-state index contributed by atoms with van der Waals surface area (Å²) >= 11 is 7.74.